The van der Waals surface area contributed by atoms with Crippen LogP contribution in [0.3, 0.4) is 0 Å². The number of nitriles is 2. The van der Waals surface area contributed by atoms with Gasteiger partial charge in [0.05, 0.1) is 16.8 Å². The molecule has 138 valence electrons. The highest BCUT2D eigenvalue weighted by Crippen LogP contribution is 2.39. The minimum absolute atomic E-state index is 0.0656. The summed E-state index contributed by atoms with van der Waals surface area (Å²) >= 11 is 3.11. The van der Waals surface area contributed by atoms with E-state index in [0.717, 1.165) is 30.8 Å². The molecule has 0 aliphatic carbocycles. The maximum atomic E-state index is 9.00. The molecule has 6 heteroatoms. The third kappa shape index (κ3) is 4.80. The summed E-state index contributed by atoms with van der Waals surface area (Å²) in [7, 11) is 0. The quantitative estimate of drug-likeness (QED) is 0.282. The molecule has 0 radical (unpaired) electrons. The number of aryl methyl sites for hydroxylation is 1. The van der Waals surface area contributed by atoms with Crippen molar-refractivity contribution in [3.8, 4) is 17.9 Å². The lowest BCUT2D eigenvalue weighted by Crippen LogP contribution is -1.89. The van der Waals surface area contributed by atoms with Crippen LogP contribution < -0.4 is 4.74 Å². The minimum Gasteiger partial charge on any atom is -0.494 e. The number of thioether (sulfide) groups is 1. The molecule has 0 fully saturated rings. The molecule has 0 spiro atoms. The number of fused-ring (bicyclic) bond motifs is 1. The average molecular weight is 404 g/mol. The highest BCUT2D eigenvalue weighted by molar-refractivity contribution is 8.09. The molecule has 3 aromatic rings. The topological polar surface area (TPSA) is 69.7 Å². The average Bonchev–Trinajstić information content (AvgIpc) is 3.10. The van der Waals surface area contributed by atoms with Crippen molar-refractivity contribution in [2.24, 2.45) is 0 Å². The van der Waals surface area contributed by atoms with Gasteiger partial charge in [-0.3, -0.25) is 0 Å². The van der Waals surface area contributed by atoms with Crippen LogP contribution in [0.25, 0.3) is 15.1 Å². The van der Waals surface area contributed by atoms with Crippen LogP contribution in [-0.2, 0) is 0 Å². The third-order valence-corrected chi connectivity index (χ3v) is 6.00. The van der Waals surface area contributed by atoms with Gasteiger partial charge >= 0.3 is 0 Å². The summed E-state index contributed by atoms with van der Waals surface area (Å²) in [6.45, 7) is 4.62. The first-order chi connectivity index (χ1) is 13.6. The molecule has 0 amide bonds. The summed E-state index contributed by atoms with van der Waals surface area (Å²) in [5, 5.41) is 18.0. The van der Waals surface area contributed by atoms with E-state index in [0.29, 0.717) is 6.61 Å². The first-order valence-electron chi connectivity index (χ1n) is 8.63. The lowest BCUT2D eigenvalue weighted by atomic mass is 10.1. The zero-order valence-corrected chi connectivity index (χ0v) is 17.1. The number of hydrogen-bond donors (Lipinski definition) is 0. The number of thiazole rings is 1. The molecule has 28 heavy (non-hydrogen) atoms. The summed E-state index contributed by atoms with van der Waals surface area (Å²) in [5.74, 6) is 0.833. The first kappa shape index (κ1) is 19.7. The first-order valence-corrected chi connectivity index (χ1v) is 10.3. The standard InChI is InChI=1S/C22H17N3OS2/c1-3-26-18-9-10-19-21(12-18)28-22(25-19)27-20(11-6-16(13-23)14-24)17-7-4-15(2)5-8-17/h4-12H,3H2,1-2H3/b20-11-. The van der Waals surface area contributed by atoms with E-state index in [9.17, 15) is 0 Å². The van der Waals surface area contributed by atoms with Crippen LogP contribution in [0.5, 0.6) is 5.75 Å². The van der Waals surface area contributed by atoms with Crippen molar-refractivity contribution in [2.45, 2.75) is 18.2 Å². The third-order valence-electron chi connectivity index (χ3n) is 3.83. The van der Waals surface area contributed by atoms with Crippen molar-refractivity contribution < 1.29 is 4.74 Å². The van der Waals surface area contributed by atoms with Gasteiger partial charge in [0.2, 0.25) is 0 Å². The number of nitrogens with zero attached hydrogens (tertiary/aromatic N) is 3. The SMILES string of the molecule is CCOc1ccc2nc(S/C(=C\C=C(C#N)C#N)c3ccc(C)cc3)sc2c1. The lowest BCUT2D eigenvalue weighted by molar-refractivity contribution is 0.341. The van der Waals surface area contributed by atoms with Crippen LogP contribution >= 0.6 is 23.1 Å². The lowest BCUT2D eigenvalue weighted by Gasteiger charge is -2.05. The van der Waals surface area contributed by atoms with E-state index in [-0.39, 0.29) is 5.57 Å². The largest absolute Gasteiger partial charge is 0.494 e. The summed E-state index contributed by atoms with van der Waals surface area (Å²) in [6.07, 6.45) is 3.34. The fraction of sp³-hybridized carbons (Fsp3) is 0.136. The number of ether oxygens (including phenoxy) is 1. The summed E-state index contributed by atoms with van der Waals surface area (Å²) in [5.41, 5.74) is 3.17. The Morgan fingerprint density at radius 2 is 1.89 bits per heavy atom. The van der Waals surface area contributed by atoms with E-state index in [2.05, 4.69) is 0 Å². The van der Waals surface area contributed by atoms with Gasteiger partial charge in [-0.2, -0.15) is 10.5 Å². The molecular formula is C22H17N3OS2. The number of rotatable bonds is 6. The van der Waals surface area contributed by atoms with E-state index >= 15 is 0 Å². The van der Waals surface area contributed by atoms with Crippen molar-refractivity contribution in [1.82, 2.24) is 4.98 Å². The number of aromatic nitrogens is 1. The van der Waals surface area contributed by atoms with Gasteiger partial charge < -0.3 is 4.74 Å². The summed E-state index contributed by atoms with van der Waals surface area (Å²) in [6, 6.07) is 17.8. The Labute approximate surface area is 172 Å². The van der Waals surface area contributed by atoms with Crippen molar-refractivity contribution in [3.05, 3.63) is 71.3 Å². The van der Waals surface area contributed by atoms with Gasteiger partial charge in [0, 0.05) is 4.91 Å². The fourth-order valence-corrected chi connectivity index (χ4v) is 4.60. The summed E-state index contributed by atoms with van der Waals surface area (Å²) in [4.78, 5) is 5.62. The van der Waals surface area contributed by atoms with E-state index in [1.165, 1.54) is 17.3 Å². The monoisotopic (exact) mass is 403 g/mol. The zero-order chi connectivity index (χ0) is 19.9. The Hall–Kier alpha value is -3.06. The van der Waals surface area contributed by atoms with E-state index in [1.807, 2.05) is 68.5 Å². The molecular weight excluding hydrogens is 386 g/mol. The molecule has 1 aromatic heterocycles. The van der Waals surface area contributed by atoms with Crippen molar-refractivity contribution in [3.63, 3.8) is 0 Å². The number of hydrogen-bond acceptors (Lipinski definition) is 6. The molecule has 1 heterocycles. The van der Waals surface area contributed by atoms with Gasteiger partial charge in [-0.05, 0) is 49.8 Å². The second kappa shape index (κ2) is 9.23. The van der Waals surface area contributed by atoms with Crippen molar-refractivity contribution in [1.29, 1.82) is 10.5 Å². The Morgan fingerprint density at radius 1 is 1.14 bits per heavy atom. The van der Waals surface area contributed by atoms with Crippen LogP contribution in [0.2, 0.25) is 0 Å². The molecule has 0 saturated heterocycles. The highest BCUT2D eigenvalue weighted by atomic mass is 32.2. The number of allylic oxidation sites excluding steroid dienone is 3. The maximum Gasteiger partial charge on any atom is 0.155 e. The van der Waals surface area contributed by atoms with Gasteiger partial charge in [0.1, 0.15) is 23.5 Å². The zero-order valence-electron chi connectivity index (χ0n) is 15.5. The van der Waals surface area contributed by atoms with E-state index in [4.69, 9.17) is 20.2 Å². The molecule has 0 N–H and O–H groups in total. The molecule has 3 rings (SSSR count). The van der Waals surface area contributed by atoms with Gasteiger partial charge in [-0.25, -0.2) is 4.98 Å². The second-order valence-electron chi connectivity index (χ2n) is 5.85. The van der Waals surface area contributed by atoms with Crippen LogP contribution in [0.1, 0.15) is 18.1 Å². The highest BCUT2D eigenvalue weighted by Gasteiger charge is 2.10. The molecule has 2 aromatic carbocycles. The van der Waals surface area contributed by atoms with E-state index < -0.39 is 0 Å². The van der Waals surface area contributed by atoms with Gasteiger partial charge in [0.25, 0.3) is 0 Å². The van der Waals surface area contributed by atoms with Crippen LogP contribution in [-0.4, -0.2) is 11.6 Å². The van der Waals surface area contributed by atoms with E-state index in [1.54, 1.807) is 23.5 Å². The van der Waals surface area contributed by atoms with Crippen LogP contribution in [0.4, 0.5) is 0 Å². The Kier molecular flexibility index (Phi) is 6.49. The predicted molar refractivity (Wildman–Crippen MR) is 115 cm³/mol. The Bertz CT molecular complexity index is 1110. The number of benzene rings is 2. The normalized spacial score (nSPS) is 10.9. The van der Waals surface area contributed by atoms with Gasteiger partial charge in [-0.1, -0.05) is 41.6 Å². The van der Waals surface area contributed by atoms with Crippen LogP contribution in [0.15, 0.2) is 64.5 Å². The molecule has 0 bridgehead atoms. The molecule has 0 unspecified atom stereocenters. The molecule has 4 nitrogen and oxygen atoms in total. The van der Waals surface area contributed by atoms with Gasteiger partial charge in [-0.15, -0.1) is 11.3 Å². The van der Waals surface area contributed by atoms with Crippen LogP contribution in [0, 0.1) is 29.6 Å². The van der Waals surface area contributed by atoms with Gasteiger partial charge in [0.15, 0.2) is 4.34 Å². The smallest absolute Gasteiger partial charge is 0.155 e. The molecule has 0 aliphatic heterocycles. The Balaban J connectivity index is 1.97. The maximum absolute atomic E-state index is 9.00. The summed E-state index contributed by atoms with van der Waals surface area (Å²) < 4.78 is 7.51. The molecule has 0 saturated carbocycles. The molecule has 0 aliphatic rings. The van der Waals surface area contributed by atoms with Crippen molar-refractivity contribution >= 4 is 38.2 Å². The molecule has 0 atom stereocenters. The second-order valence-corrected chi connectivity index (χ2v) is 8.16. The predicted octanol–water partition coefficient (Wildman–Crippen LogP) is 6.11. The minimum atomic E-state index is 0.0656. The Morgan fingerprint density at radius 3 is 2.57 bits per heavy atom. The fourth-order valence-electron chi connectivity index (χ4n) is 2.44. The van der Waals surface area contributed by atoms with Crippen molar-refractivity contribution in [2.75, 3.05) is 6.61 Å².